The predicted molar refractivity (Wildman–Crippen MR) is 55.9 cm³/mol. The van der Waals surface area contributed by atoms with Gasteiger partial charge in [-0.25, -0.2) is 13.8 Å². The molecule has 1 aromatic heterocycles. The largest absolute Gasteiger partial charge is 0.342 e. The van der Waals surface area contributed by atoms with E-state index in [1.54, 1.807) is 6.20 Å². The second-order valence-corrected chi connectivity index (χ2v) is 4.09. The van der Waals surface area contributed by atoms with Crippen molar-refractivity contribution in [2.24, 2.45) is 0 Å². The van der Waals surface area contributed by atoms with Crippen LogP contribution in [0.5, 0.6) is 0 Å². The van der Waals surface area contributed by atoms with Gasteiger partial charge in [0, 0.05) is 17.8 Å². The first-order valence-electron chi connectivity index (χ1n) is 5.24. The maximum atomic E-state index is 13.5. The maximum absolute atomic E-state index is 13.5. The first-order chi connectivity index (χ1) is 7.74. The molecule has 0 atom stereocenters. The van der Waals surface area contributed by atoms with Crippen LogP contribution < -0.4 is 0 Å². The summed E-state index contributed by atoms with van der Waals surface area (Å²) in [6.07, 6.45) is 4.00. The summed E-state index contributed by atoms with van der Waals surface area (Å²) in [4.78, 5) is 7.13. The van der Waals surface area contributed by atoms with E-state index in [9.17, 15) is 8.78 Å². The Kier molecular flexibility index (Phi) is 2.02. The van der Waals surface area contributed by atoms with Crippen LogP contribution in [0, 0.1) is 11.6 Å². The number of nitrogens with one attached hydrogen (secondary N) is 1. The highest BCUT2D eigenvalue weighted by Crippen LogP contribution is 2.39. The van der Waals surface area contributed by atoms with Crippen LogP contribution in [0.3, 0.4) is 0 Å². The van der Waals surface area contributed by atoms with Gasteiger partial charge in [0.05, 0.1) is 5.56 Å². The maximum Gasteiger partial charge on any atom is 0.140 e. The van der Waals surface area contributed by atoms with E-state index in [-0.39, 0.29) is 5.56 Å². The van der Waals surface area contributed by atoms with Crippen molar-refractivity contribution in [1.29, 1.82) is 0 Å². The Labute approximate surface area is 91.3 Å². The molecule has 1 fully saturated rings. The second kappa shape index (κ2) is 3.40. The highest BCUT2D eigenvalue weighted by molar-refractivity contribution is 5.56. The third kappa shape index (κ3) is 1.60. The van der Waals surface area contributed by atoms with E-state index in [1.807, 2.05) is 0 Å². The lowest BCUT2D eigenvalue weighted by atomic mass is 10.2. The Hall–Kier alpha value is -1.71. The molecule has 0 bridgehead atoms. The molecule has 1 heterocycles. The van der Waals surface area contributed by atoms with Crippen LogP contribution in [0.2, 0.25) is 0 Å². The lowest BCUT2D eigenvalue weighted by Gasteiger charge is -1.99. The molecule has 0 unspecified atom stereocenters. The summed E-state index contributed by atoms with van der Waals surface area (Å²) in [7, 11) is 0. The van der Waals surface area contributed by atoms with Crippen LogP contribution in [0.1, 0.15) is 24.5 Å². The monoisotopic (exact) mass is 220 g/mol. The topological polar surface area (TPSA) is 28.7 Å². The van der Waals surface area contributed by atoms with E-state index >= 15 is 0 Å². The SMILES string of the molecule is Fc1ccc(F)c(-c2ncc(C3CC3)[nH]2)c1. The van der Waals surface area contributed by atoms with Crippen LogP contribution in [0.15, 0.2) is 24.4 Å². The number of imidazole rings is 1. The average Bonchev–Trinajstić information content (AvgIpc) is 3.01. The van der Waals surface area contributed by atoms with Gasteiger partial charge in [-0.05, 0) is 31.0 Å². The molecule has 0 saturated heterocycles. The van der Waals surface area contributed by atoms with Crippen molar-refractivity contribution in [3.05, 3.63) is 41.7 Å². The fraction of sp³-hybridized carbons (Fsp3) is 0.250. The zero-order valence-corrected chi connectivity index (χ0v) is 8.50. The minimum absolute atomic E-state index is 0.187. The Morgan fingerprint density at radius 3 is 2.81 bits per heavy atom. The molecule has 1 aliphatic rings. The lowest BCUT2D eigenvalue weighted by Crippen LogP contribution is -1.88. The van der Waals surface area contributed by atoms with Crippen LogP contribution in [0.4, 0.5) is 8.78 Å². The highest BCUT2D eigenvalue weighted by atomic mass is 19.1. The van der Waals surface area contributed by atoms with Crippen LogP contribution in [-0.2, 0) is 0 Å². The van der Waals surface area contributed by atoms with Crippen LogP contribution in [-0.4, -0.2) is 9.97 Å². The van der Waals surface area contributed by atoms with Crippen molar-refractivity contribution in [3.63, 3.8) is 0 Å². The van der Waals surface area contributed by atoms with E-state index in [2.05, 4.69) is 9.97 Å². The predicted octanol–water partition coefficient (Wildman–Crippen LogP) is 3.23. The number of halogens is 2. The molecule has 1 saturated carbocycles. The Balaban J connectivity index is 2.03. The Bertz CT molecular complexity index is 530. The summed E-state index contributed by atoms with van der Waals surface area (Å²) in [6, 6.07) is 3.37. The summed E-state index contributed by atoms with van der Waals surface area (Å²) in [6.45, 7) is 0. The second-order valence-electron chi connectivity index (χ2n) is 4.09. The zero-order valence-electron chi connectivity index (χ0n) is 8.50. The first kappa shape index (κ1) is 9.51. The summed E-state index contributed by atoms with van der Waals surface area (Å²) in [5, 5.41) is 0. The van der Waals surface area contributed by atoms with Gasteiger partial charge < -0.3 is 4.98 Å². The fourth-order valence-electron chi connectivity index (χ4n) is 1.75. The number of rotatable bonds is 2. The normalized spacial score (nSPS) is 15.4. The number of hydrogen-bond donors (Lipinski definition) is 1. The molecule has 2 aromatic rings. The molecular formula is C12H10F2N2. The molecule has 3 rings (SSSR count). The molecule has 0 radical (unpaired) electrons. The number of hydrogen-bond acceptors (Lipinski definition) is 1. The lowest BCUT2D eigenvalue weighted by molar-refractivity contribution is 0.602. The van der Waals surface area contributed by atoms with Gasteiger partial charge in [-0.3, -0.25) is 0 Å². The number of aromatic amines is 1. The van der Waals surface area contributed by atoms with Gasteiger partial charge in [0.15, 0.2) is 0 Å². The minimum atomic E-state index is -0.460. The molecule has 82 valence electrons. The van der Waals surface area contributed by atoms with Crippen molar-refractivity contribution in [2.75, 3.05) is 0 Å². The van der Waals surface area contributed by atoms with Crippen molar-refractivity contribution in [3.8, 4) is 11.4 Å². The minimum Gasteiger partial charge on any atom is -0.342 e. The van der Waals surface area contributed by atoms with Gasteiger partial charge >= 0.3 is 0 Å². The quantitative estimate of drug-likeness (QED) is 0.826. The van der Waals surface area contributed by atoms with Crippen molar-refractivity contribution >= 4 is 0 Å². The zero-order chi connectivity index (χ0) is 11.1. The Morgan fingerprint density at radius 2 is 2.06 bits per heavy atom. The van der Waals surface area contributed by atoms with Crippen molar-refractivity contribution < 1.29 is 8.78 Å². The average molecular weight is 220 g/mol. The van der Waals surface area contributed by atoms with E-state index in [0.717, 1.165) is 36.7 Å². The number of benzene rings is 1. The van der Waals surface area contributed by atoms with Gasteiger partial charge in [0.25, 0.3) is 0 Å². The Morgan fingerprint density at radius 1 is 1.25 bits per heavy atom. The summed E-state index contributed by atoms with van der Waals surface area (Å²) in [5.74, 6) is 0.00985. The molecule has 0 aliphatic heterocycles. The molecule has 0 spiro atoms. The molecule has 0 amide bonds. The summed E-state index contributed by atoms with van der Waals surface area (Å²) in [5.41, 5.74) is 1.20. The molecular weight excluding hydrogens is 210 g/mol. The molecule has 1 N–H and O–H groups in total. The van der Waals surface area contributed by atoms with Crippen LogP contribution in [0.25, 0.3) is 11.4 Å². The standard InChI is InChI=1S/C12H10F2N2/c13-8-3-4-10(14)9(5-8)12-15-6-11(16-12)7-1-2-7/h3-7H,1-2H2,(H,15,16). The van der Waals surface area contributed by atoms with Crippen LogP contribution >= 0.6 is 0 Å². The van der Waals surface area contributed by atoms with Crippen molar-refractivity contribution in [1.82, 2.24) is 9.97 Å². The van der Waals surface area contributed by atoms with Gasteiger partial charge in [-0.1, -0.05) is 0 Å². The van der Waals surface area contributed by atoms with Gasteiger partial charge in [0.1, 0.15) is 17.5 Å². The summed E-state index contributed by atoms with van der Waals surface area (Å²) >= 11 is 0. The number of aromatic nitrogens is 2. The van der Waals surface area contributed by atoms with Crippen molar-refractivity contribution in [2.45, 2.75) is 18.8 Å². The third-order valence-electron chi connectivity index (χ3n) is 2.80. The van der Waals surface area contributed by atoms with E-state index < -0.39 is 11.6 Å². The molecule has 4 heteroatoms. The molecule has 2 nitrogen and oxygen atoms in total. The van der Waals surface area contributed by atoms with E-state index in [1.165, 1.54) is 0 Å². The highest BCUT2D eigenvalue weighted by Gasteiger charge is 2.25. The fourth-order valence-corrected chi connectivity index (χ4v) is 1.75. The van der Waals surface area contributed by atoms with Gasteiger partial charge in [-0.15, -0.1) is 0 Å². The molecule has 1 aromatic carbocycles. The van der Waals surface area contributed by atoms with E-state index in [0.29, 0.717) is 11.7 Å². The van der Waals surface area contributed by atoms with Gasteiger partial charge in [0.2, 0.25) is 0 Å². The number of nitrogens with zero attached hydrogens (tertiary/aromatic N) is 1. The molecule has 16 heavy (non-hydrogen) atoms. The first-order valence-corrected chi connectivity index (χ1v) is 5.24. The number of H-pyrrole nitrogens is 1. The smallest absolute Gasteiger partial charge is 0.140 e. The summed E-state index contributed by atoms with van der Waals surface area (Å²) < 4.78 is 26.5. The van der Waals surface area contributed by atoms with Gasteiger partial charge in [-0.2, -0.15) is 0 Å². The third-order valence-corrected chi connectivity index (χ3v) is 2.80. The molecule has 1 aliphatic carbocycles. The van der Waals surface area contributed by atoms with E-state index in [4.69, 9.17) is 0 Å².